The van der Waals surface area contributed by atoms with Crippen molar-refractivity contribution in [2.45, 2.75) is 26.2 Å². The molecule has 0 bridgehead atoms. The lowest BCUT2D eigenvalue weighted by molar-refractivity contribution is -0.134. The minimum Gasteiger partial charge on any atom is -0.492 e. The van der Waals surface area contributed by atoms with Crippen molar-refractivity contribution in [1.82, 2.24) is 24.7 Å². The molecule has 0 unspecified atom stereocenters. The zero-order valence-electron chi connectivity index (χ0n) is 23.9. The van der Waals surface area contributed by atoms with Crippen LogP contribution in [-0.2, 0) is 21.4 Å². The summed E-state index contributed by atoms with van der Waals surface area (Å²) in [5.74, 6) is -1.83. The second-order valence-corrected chi connectivity index (χ2v) is 8.04. The van der Waals surface area contributed by atoms with E-state index in [0.29, 0.717) is 34.8 Å². The molecule has 39 heavy (non-hydrogen) atoms. The van der Waals surface area contributed by atoms with E-state index < -0.39 is 18.9 Å². The smallest absolute Gasteiger partial charge is 0.328 e. The van der Waals surface area contributed by atoms with Crippen molar-refractivity contribution in [1.29, 1.82) is 0 Å². The van der Waals surface area contributed by atoms with Crippen LogP contribution in [0.1, 0.15) is 40.7 Å². The molecule has 14 heteroatoms. The van der Waals surface area contributed by atoms with Crippen molar-refractivity contribution >= 4 is 41.0 Å². The molecule has 1 aliphatic carbocycles. The molecule has 1 amide bonds. The molecule has 3 heterocycles. The van der Waals surface area contributed by atoms with Crippen LogP contribution in [0, 0.1) is 5.92 Å². The first-order valence-electron chi connectivity index (χ1n) is 13.0. The molecule has 0 aliphatic heterocycles. The van der Waals surface area contributed by atoms with Gasteiger partial charge in [0.25, 0.3) is 0 Å². The Hall–Kier alpha value is -5.14. The fraction of sp³-hybridized carbons (Fsp3) is 0.280. The normalized spacial score (nSPS) is 13.7. The molecule has 14 nitrogen and oxygen atoms in total. The van der Waals surface area contributed by atoms with Gasteiger partial charge in [-0.25, -0.2) is 24.5 Å². The van der Waals surface area contributed by atoms with E-state index in [-0.39, 0.29) is 41.4 Å². The van der Waals surface area contributed by atoms with Gasteiger partial charge in [0.2, 0.25) is 5.91 Å². The quantitative estimate of drug-likeness (QED) is 0.217. The van der Waals surface area contributed by atoms with Gasteiger partial charge in [-0.3, -0.25) is 14.3 Å². The van der Waals surface area contributed by atoms with Crippen molar-refractivity contribution in [2.75, 3.05) is 17.7 Å². The molecule has 0 spiro atoms. The van der Waals surface area contributed by atoms with E-state index >= 15 is 0 Å². The third-order valence-corrected chi connectivity index (χ3v) is 5.19. The number of aromatic nitrogens is 5. The average molecular weight is 541 g/mol. The Morgan fingerprint density at radius 1 is 1.18 bits per heavy atom. The Morgan fingerprint density at radius 3 is 2.46 bits per heavy atom. The molecular formula is C25H27N7O7. The van der Waals surface area contributed by atoms with E-state index in [0.717, 1.165) is 23.9 Å². The molecule has 1 saturated carbocycles. The first-order valence-corrected chi connectivity index (χ1v) is 11.5. The van der Waals surface area contributed by atoms with E-state index in [1.54, 1.807) is 19.1 Å². The number of amides is 1. The maximum Gasteiger partial charge on any atom is 0.328 e. The first kappa shape index (κ1) is 24.2. The summed E-state index contributed by atoms with van der Waals surface area (Å²) < 4.78 is 28.8. The minimum atomic E-state index is -2.47. The lowest BCUT2D eigenvalue weighted by Crippen LogP contribution is -2.15. The number of hydrogen-bond acceptors (Lipinski definition) is 10. The van der Waals surface area contributed by atoms with Crippen molar-refractivity contribution in [3.05, 3.63) is 48.6 Å². The highest BCUT2D eigenvalue weighted by molar-refractivity contribution is 6.02. The number of aliphatic carboxylic acids is 2. The zero-order chi connectivity index (χ0) is 31.0. The maximum absolute atomic E-state index is 12.5. The Kier molecular flexibility index (Phi) is 8.00. The molecule has 4 N–H and O–H groups in total. The second kappa shape index (κ2) is 12.9. The SMILES string of the molecule is O=C(O)/C=C/C(=O)O.[2H]C([2H])([2H])n1cnc(-c2ccnc(Nc3cc(NC(=O)C4CC4)ncc3C(=O)CC)c2OC)n1. The van der Waals surface area contributed by atoms with Gasteiger partial charge >= 0.3 is 11.9 Å². The molecule has 3 aromatic heterocycles. The molecule has 0 saturated heterocycles. The van der Waals surface area contributed by atoms with Gasteiger partial charge in [0.1, 0.15) is 12.1 Å². The van der Waals surface area contributed by atoms with E-state index in [1.165, 1.54) is 19.5 Å². The van der Waals surface area contributed by atoms with Crippen molar-refractivity contribution in [3.63, 3.8) is 0 Å². The molecule has 204 valence electrons. The third-order valence-electron chi connectivity index (χ3n) is 5.19. The maximum atomic E-state index is 12.5. The lowest BCUT2D eigenvalue weighted by Gasteiger charge is -2.15. The van der Waals surface area contributed by atoms with E-state index in [2.05, 4.69) is 30.7 Å². The number of ketones is 1. The van der Waals surface area contributed by atoms with Crippen LogP contribution in [0.15, 0.2) is 43.0 Å². The van der Waals surface area contributed by atoms with Crippen LogP contribution in [0.4, 0.5) is 17.3 Å². The third kappa shape index (κ3) is 7.92. The Balaban J connectivity index is 0.000000531. The number of pyridine rings is 2. The zero-order valence-corrected chi connectivity index (χ0v) is 20.9. The Bertz CT molecular complexity index is 1500. The number of nitrogens with one attached hydrogen (secondary N) is 2. The summed E-state index contributed by atoms with van der Waals surface area (Å²) >= 11 is 0. The van der Waals surface area contributed by atoms with E-state index in [9.17, 15) is 19.2 Å². The van der Waals surface area contributed by atoms with Gasteiger partial charge in [0, 0.05) is 54.0 Å². The first-order chi connectivity index (χ1) is 19.8. The number of anilines is 3. The second-order valence-electron chi connectivity index (χ2n) is 8.04. The number of Topliss-reactive ketones (excluding diaryl/α,β-unsaturated/α-hetero) is 1. The van der Waals surface area contributed by atoms with Gasteiger partial charge in [0.15, 0.2) is 23.2 Å². The summed E-state index contributed by atoms with van der Waals surface area (Å²) in [4.78, 5) is 56.4. The molecule has 0 atom stereocenters. The number of carboxylic acids is 2. The predicted molar refractivity (Wildman–Crippen MR) is 139 cm³/mol. The van der Waals surface area contributed by atoms with Gasteiger partial charge < -0.3 is 25.6 Å². The fourth-order valence-electron chi connectivity index (χ4n) is 3.19. The number of methoxy groups -OCH3 is 1. The van der Waals surface area contributed by atoms with Gasteiger partial charge in [-0.15, -0.1) is 0 Å². The van der Waals surface area contributed by atoms with E-state index in [1.807, 2.05) is 0 Å². The minimum absolute atomic E-state index is 0.00388. The highest BCUT2D eigenvalue weighted by atomic mass is 16.5. The van der Waals surface area contributed by atoms with Crippen LogP contribution >= 0.6 is 0 Å². The average Bonchev–Trinajstić information content (AvgIpc) is 3.67. The highest BCUT2D eigenvalue weighted by Gasteiger charge is 2.30. The summed E-state index contributed by atoms with van der Waals surface area (Å²) in [7, 11) is 1.43. The molecule has 0 aromatic carbocycles. The highest BCUT2D eigenvalue weighted by Crippen LogP contribution is 2.36. The number of rotatable bonds is 10. The lowest BCUT2D eigenvalue weighted by atomic mass is 10.1. The van der Waals surface area contributed by atoms with Gasteiger partial charge in [0.05, 0.1) is 23.9 Å². The van der Waals surface area contributed by atoms with Crippen LogP contribution in [0.5, 0.6) is 5.75 Å². The number of nitrogens with zero attached hydrogens (tertiary/aromatic N) is 5. The molecule has 4 rings (SSSR count). The van der Waals surface area contributed by atoms with Gasteiger partial charge in [-0.05, 0) is 18.9 Å². The largest absolute Gasteiger partial charge is 0.492 e. The van der Waals surface area contributed by atoms with Crippen molar-refractivity contribution in [2.24, 2.45) is 12.9 Å². The van der Waals surface area contributed by atoms with Crippen molar-refractivity contribution < 1.29 is 38.2 Å². The molecule has 3 aromatic rings. The summed E-state index contributed by atoms with van der Waals surface area (Å²) in [6.07, 6.45) is 7.08. The predicted octanol–water partition coefficient (Wildman–Crippen LogP) is 2.68. The summed E-state index contributed by atoms with van der Waals surface area (Å²) in [5, 5.41) is 25.5. The molecule has 0 radical (unpaired) electrons. The molecule has 1 aliphatic rings. The standard InChI is InChI=1S/C21H23N7O3.C4H4O4/c1-4-16(29)14-10-23-17(26-21(30)12-5-6-12)9-15(14)25-20-18(31-3)13(7-8-22-20)19-24-11-28(2)27-19;5-3(6)1-2-4(7)8/h7-12H,4-6H2,1-3H3,(H2,22,23,25,26,30);1-2H,(H,5,6)(H,7,8)/b;2-1+/i2D3;. The monoisotopic (exact) mass is 540 g/mol. The van der Waals surface area contributed by atoms with Crippen LogP contribution in [-0.4, -0.2) is 65.7 Å². The summed E-state index contributed by atoms with van der Waals surface area (Å²) in [6.45, 7) is -0.734. The Morgan fingerprint density at radius 2 is 1.90 bits per heavy atom. The molecular weight excluding hydrogens is 510 g/mol. The number of aryl methyl sites for hydroxylation is 1. The van der Waals surface area contributed by atoms with E-state index in [4.69, 9.17) is 19.1 Å². The summed E-state index contributed by atoms with van der Waals surface area (Å²) in [6, 6.07) is 3.16. The number of ether oxygens (including phenoxy) is 1. The van der Waals surface area contributed by atoms with Gasteiger partial charge in [-0.2, -0.15) is 5.10 Å². The van der Waals surface area contributed by atoms with Crippen LogP contribution in [0.25, 0.3) is 11.4 Å². The summed E-state index contributed by atoms with van der Waals surface area (Å²) in [5.41, 5.74) is 1.12. The number of carbonyl (C=O) groups is 4. The van der Waals surface area contributed by atoms with Crippen LogP contribution in [0.2, 0.25) is 0 Å². The number of carboxylic acid groups (broad SMARTS) is 2. The number of hydrogen-bond donors (Lipinski definition) is 4. The number of carbonyl (C=O) groups excluding carboxylic acids is 2. The Labute approximate surface area is 227 Å². The van der Waals surface area contributed by atoms with Crippen LogP contribution in [0.3, 0.4) is 0 Å². The topological polar surface area (TPSA) is 199 Å². The molecule has 1 fully saturated rings. The van der Waals surface area contributed by atoms with Crippen molar-refractivity contribution in [3.8, 4) is 17.1 Å². The van der Waals surface area contributed by atoms with Gasteiger partial charge in [-0.1, -0.05) is 6.92 Å². The van der Waals surface area contributed by atoms with Crippen LogP contribution < -0.4 is 15.4 Å². The fourth-order valence-corrected chi connectivity index (χ4v) is 3.19.